The molecule has 1 aromatic rings. The first-order valence-electron chi connectivity index (χ1n) is 6.96. The molecule has 0 bridgehead atoms. The molecule has 0 aliphatic rings. The average Bonchev–Trinajstić information content (AvgIpc) is 2.43. The van der Waals surface area contributed by atoms with Gasteiger partial charge in [0.1, 0.15) is 6.54 Å². The lowest BCUT2D eigenvalue weighted by atomic mass is 10.1. The van der Waals surface area contributed by atoms with E-state index in [1.54, 1.807) is 5.32 Å². The van der Waals surface area contributed by atoms with Crippen molar-refractivity contribution in [1.29, 1.82) is 0 Å². The second kappa shape index (κ2) is 7.78. The SMILES string of the molecule is CC(C)CCNS(=O)(=O)c1ccc(C(=O)NCC(F)(F)F)cc1. The first kappa shape index (κ1) is 19.4. The summed E-state index contributed by atoms with van der Waals surface area (Å²) >= 11 is 0. The molecule has 2 N–H and O–H groups in total. The van der Waals surface area contributed by atoms with Gasteiger partial charge in [-0.15, -0.1) is 0 Å². The second-order valence-electron chi connectivity index (χ2n) is 5.40. The van der Waals surface area contributed by atoms with Gasteiger partial charge in [0.25, 0.3) is 5.91 Å². The van der Waals surface area contributed by atoms with Gasteiger partial charge in [0.05, 0.1) is 4.90 Å². The minimum atomic E-state index is -4.50. The molecular weight excluding hydrogens is 333 g/mol. The monoisotopic (exact) mass is 352 g/mol. The summed E-state index contributed by atoms with van der Waals surface area (Å²) < 4.78 is 62.5. The maximum absolute atomic E-state index is 12.0. The summed E-state index contributed by atoms with van der Waals surface area (Å²) in [4.78, 5) is 11.5. The molecule has 1 rings (SSSR count). The van der Waals surface area contributed by atoms with E-state index in [1.165, 1.54) is 24.3 Å². The van der Waals surface area contributed by atoms with Crippen LogP contribution in [-0.4, -0.2) is 33.6 Å². The zero-order chi connectivity index (χ0) is 17.7. The number of carbonyl (C=O) groups excluding carboxylic acids is 1. The fourth-order valence-corrected chi connectivity index (χ4v) is 2.68. The Morgan fingerprint density at radius 3 is 2.22 bits per heavy atom. The van der Waals surface area contributed by atoms with Gasteiger partial charge in [-0.05, 0) is 36.6 Å². The summed E-state index contributed by atoms with van der Waals surface area (Å²) in [5, 5.41) is 1.71. The van der Waals surface area contributed by atoms with Crippen molar-refractivity contribution in [3.8, 4) is 0 Å². The third-order valence-electron chi connectivity index (χ3n) is 2.89. The Labute approximate surface area is 133 Å². The lowest BCUT2D eigenvalue weighted by Gasteiger charge is -2.10. The number of amides is 1. The van der Waals surface area contributed by atoms with Crippen LogP contribution in [0.4, 0.5) is 13.2 Å². The predicted octanol–water partition coefficient (Wildman–Crippen LogP) is 2.30. The van der Waals surface area contributed by atoms with E-state index in [4.69, 9.17) is 0 Å². The van der Waals surface area contributed by atoms with Gasteiger partial charge in [0.15, 0.2) is 0 Å². The highest BCUT2D eigenvalue weighted by atomic mass is 32.2. The highest BCUT2D eigenvalue weighted by Gasteiger charge is 2.28. The van der Waals surface area contributed by atoms with Crippen molar-refractivity contribution in [1.82, 2.24) is 10.0 Å². The molecular formula is C14H19F3N2O3S. The largest absolute Gasteiger partial charge is 0.405 e. The maximum atomic E-state index is 12.0. The topological polar surface area (TPSA) is 75.3 Å². The van der Waals surface area contributed by atoms with Crippen LogP contribution in [0.2, 0.25) is 0 Å². The molecule has 0 saturated heterocycles. The molecule has 9 heteroatoms. The minimum absolute atomic E-state index is 0.0459. The van der Waals surface area contributed by atoms with Crippen molar-refractivity contribution < 1.29 is 26.4 Å². The lowest BCUT2D eigenvalue weighted by Crippen LogP contribution is -2.33. The van der Waals surface area contributed by atoms with Crippen LogP contribution in [0.5, 0.6) is 0 Å². The molecule has 0 radical (unpaired) electrons. The summed E-state index contributed by atoms with van der Waals surface area (Å²) in [7, 11) is -3.70. The minimum Gasteiger partial charge on any atom is -0.343 e. The Morgan fingerprint density at radius 1 is 1.17 bits per heavy atom. The van der Waals surface area contributed by atoms with Crippen LogP contribution in [0.15, 0.2) is 29.2 Å². The molecule has 1 amide bonds. The van der Waals surface area contributed by atoms with Crippen LogP contribution in [0.3, 0.4) is 0 Å². The molecule has 5 nitrogen and oxygen atoms in total. The van der Waals surface area contributed by atoms with Gasteiger partial charge >= 0.3 is 6.18 Å². The fourth-order valence-electron chi connectivity index (χ4n) is 1.63. The van der Waals surface area contributed by atoms with Gasteiger partial charge in [-0.1, -0.05) is 13.8 Å². The maximum Gasteiger partial charge on any atom is 0.405 e. The highest BCUT2D eigenvalue weighted by Crippen LogP contribution is 2.14. The van der Waals surface area contributed by atoms with E-state index in [9.17, 15) is 26.4 Å². The molecule has 0 heterocycles. The summed E-state index contributed by atoms with van der Waals surface area (Å²) in [5.74, 6) is -0.573. The number of alkyl halides is 3. The zero-order valence-electron chi connectivity index (χ0n) is 12.8. The molecule has 0 fully saturated rings. The van der Waals surface area contributed by atoms with Gasteiger partial charge < -0.3 is 5.32 Å². The van der Waals surface area contributed by atoms with Crippen molar-refractivity contribution in [2.75, 3.05) is 13.1 Å². The number of hydrogen-bond acceptors (Lipinski definition) is 3. The molecule has 0 unspecified atom stereocenters. The van der Waals surface area contributed by atoms with Gasteiger partial charge in [-0.3, -0.25) is 4.79 Å². The summed E-state index contributed by atoms with van der Waals surface area (Å²) in [6, 6.07) is 4.70. The van der Waals surface area contributed by atoms with Crippen molar-refractivity contribution >= 4 is 15.9 Å². The van der Waals surface area contributed by atoms with Crippen LogP contribution in [-0.2, 0) is 10.0 Å². The normalized spacial score (nSPS) is 12.4. The van der Waals surface area contributed by atoms with Crippen molar-refractivity contribution in [3.05, 3.63) is 29.8 Å². The van der Waals surface area contributed by atoms with Crippen LogP contribution in [0.1, 0.15) is 30.6 Å². The predicted molar refractivity (Wildman–Crippen MR) is 79.5 cm³/mol. The van der Waals surface area contributed by atoms with Gasteiger partial charge in [-0.25, -0.2) is 13.1 Å². The standard InChI is InChI=1S/C14H19F3N2O3S/c1-10(2)7-8-19-23(21,22)12-5-3-11(4-6-12)13(20)18-9-14(15,16)17/h3-6,10,19H,7-9H2,1-2H3,(H,18,20). The number of halogens is 3. The molecule has 0 aromatic heterocycles. The van der Waals surface area contributed by atoms with E-state index in [0.717, 1.165) is 0 Å². The number of sulfonamides is 1. The van der Waals surface area contributed by atoms with E-state index in [2.05, 4.69) is 4.72 Å². The molecule has 0 aliphatic carbocycles. The molecule has 0 spiro atoms. The molecule has 0 aliphatic heterocycles. The quantitative estimate of drug-likeness (QED) is 0.791. The molecule has 0 saturated carbocycles. The van der Waals surface area contributed by atoms with Crippen molar-refractivity contribution in [3.63, 3.8) is 0 Å². The Bertz CT molecular complexity index is 626. The zero-order valence-corrected chi connectivity index (χ0v) is 13.6. The fraction of sp³-hybridized carbons (Fsp3) is 0.500. The van der Waals surface area contributed by atoms with Crippen molar-refractivity contribution in [2.24, 2.45) is 5.92 Å². The van der Waals surface area contributed by atoms with E-state index in [1.807, 2.05) is 13.8 Å². The Kier molecular flexibility index (Phi) is 6.57. The summed E-state index contributed by atoms with van der Waals surface area (Å²) in [5.41, 5.74) is -0.0459. The van der Waals surface area contributed by atoms with Crippen molar-refractivity contribution in [2.45, 2.75) is 31.3 Å². The van der Waals surface area contributed by atoms with Gasteiger partial charge in [-0.2, -0.15) is 13.2 Å². The summed E-state index contributed by atoms with van der Waals surface area (Å²) in [6.45, 7) is 2.77. The number of nitrogens with one attached hydrogen (secondary N) is 2. The Balaban J connectivity index is 2.70. The first-order valence-corrected chi connectivity index (χ1v) is 8.44. The number of benzene rings is 1. The third kappa shape index (κ3) is 7.00. The Hall–Kier alpha value is -1.61. The lowest BCUT2D eigenvalue weighted by molar-refractivity contribution is -0.123. The van der Waals surface area contributed by atoms with E-state index >= 15 is 0 Å². The van der Waals surface area contributed by atoms with Gasteiger partial charge in [0, 0.05) is 12.1 Å². The van der Waals surface area contributed by atoms with Crippen LogP contribution >= 0.6 is 0 Å². The number of hydrogen-bond donors (Lipinski definition) is 2. The molecule has 0 atom stereocenters. The van der Waals surface area contributed by atoms with E-state index in [-0.39, 0.29) is 17.0 Å². The second-order valence-corrected chi connectivity index (χ2v) is 7.17. The van der Waals surface area contributed by atoms with Crippen LogP contribution in [0, 0.1) is 5.92 Å². The number of carbonyl (C=O) groups is 1. The Morgan fingerprint density at radius 2 is 1.74 bits per heavy atom. The molecule has 23 heavy (non-hydrogen) atoms. The highest BCUT2D eigenvalue weighted by molar-refractivity contribution is 7.89. The van der Waals surface area contributed by atoms with E-state index in [0.29, 0.717) is 12.3 Å². The number of rotatable bonds is 7. The molecule has 130 valence electrons. The van der Waals surface area contributed by atoms with Gasteiger partial charge in [0.2, 0.25) is 10.0 Å². The smallest absolute Gasteiger partial charge is 0.343 e. The third-order valence-corrected chi connectivity index (χ3v) is 4.37. The van der Waals surface area contributed by atoms with E-state index < -0.39 is 28.7 Å². The van der Waals surface area contributed by atoms with Crippen LogP contribution < -0.4 is 10.0 Å². The average molecular weight is 352 g/mol. The molecule has 1 aromatic carbocycles. The van der Waals surface area contributed by atoms with Crippen LogP contribution in [0.25, 0.3) is 0 Å². The first-order chi connectivity index (χ1) is 10.5. The summed E-state index contributed by atoms with van der Waals surface area (Å²) in [6.07, 6.45) is -3.82.